The third-order valence-corrected chi connectivity index (χ3v) is 4.33. The summed E-state index contributed by atoms with van der Waals surface area (Å²) in [5.41, 5.74) is 2.94. The Morgan fingerprint density at radius 1 is 1.14 bits per heavy atom. The molecule has 1 aromatic heterocycles. The van der Waals surface area contributed by atoms with Gasteiger partial charge in [0, 0.05) is 25.3 Å². The number of rotatable bonds is 7. The predicted molar refractivity (Wildman–Crippen MR) is 113 cm³/mol. The van der Waals surface area contributed by atoms with Gasteiger partial charge in [0.1, 0.15) is 12.4 Å². The van der Waals surface area contributed by atoms with Crippen molar-refractivity contribution in [3.8, 4) is 11.5 Å². The van der Waals surface area contributed by atoms with E-state index in [-0.39, 0.29) is 0 Å². The number of aliphatic imine (C=N–C) groups is 1. The molecule has 0 aliphatic carbocycles. The molecule has 0 saturated heterocycles. The number of fused-ring (bicyclic) bond motifs is 1. The minimum Gasteiger partial charge on any atom is -0.493 e. The molecular weight excluding hydrogens is 354 g/mol. The number of hydrogen-bond donors (Lipinski definition) is 2. The average Bonchev–Trinajstić information content (AvgIpc) is 3.03. The zero-order valence-electron chi connectivity index (χ0n) is 16.8. The smallest absolute Gasteiger partial charge is 0.196 e. The van der Waals surface area contributed by atoms with Gasteiger partial charge in [-0.1, -0.05) is 12.1 Å². The number of guanidine groups is 1. The molecule has 0 amide bonds. The zero-order valence-corrected chi connectivity index (χ0v) is 16.8. The van der Waals surface area contributed by atoms with Crippen LogP contribution in [-0.4, -0.2) is 35.8 Å². The van der Waals surface area contributed by atoms with Gasteiger partial charge in [-0.25, -0.2) is 9.98 Å². The summed E-state index contributed by atoms with van der Waals surface area (Å²) in [6.07, 6.45) is 0. The molecule has 0 fully saturated rings. The highest BCUT2D eigenvalue weighted by atomic mass is 16.5. The van der Waals surface area contributed by atoms with Gasteiger partial charge in [0.2, 0.25) is 0 Å². The number of aromatic nitrogens is 2. The van der Waals surface area contributed by atoms with E-state index >= 15 is 0 Å². The normalized spacial score (nSPS) is 11.5. The summed E-state index contributed by atoms with van der Waals surface area (Å²) in [6, 6.07) is 13.8. The van der Waals surface area contributed by atoms with Gasteiger partial charge in [-0.2, -0.15) is 0 Å². The Hall–Kier alpha value is -3.22. The van der Waals surface area contributed by atoms with Crippen molar-refractivity contribution in [1.29, 1.82) is 0 Å². The van der Waals surface area contributed by atoms with Crippen molar-refractivity contribution < 1.29 is 9.47 Å². The van der Waals surface area contributed by atoms with E-state index in [0.29, 0.717) is 24.9 Å². The van der Waals surface area contributed by atoms with Crippen molar-refractivity contribution >= 4 is 22.7 Å². The maximum absolute atomic E-state index is 5.57. The van der Waals surface area contributed by atoms with E-state index in [2.05, 4.69) is 31.2 Å². The van der Waals surface area contributed by atoms with Crippen molar-refractivity contribution in [2.45, 2.75) is 20.4 Å². The molecule has 3 rings (SSSR count). The fraction of sp³-hybridized carbons (Fsp3) is 0.333. The molecule has 2 aromatic carbocycles. The molecule has 0 spiro atoms. The molecule has 1 heterocycles. The Kier molecular flexibility index (Phi) is 6.37. The number of aryl methyl sites for hydroxylation is 1. The summed E-state index contributed by atoms with van der Waals surface area (Å²) in [6.45, 7) is 5.79. The van der Waals surface area contributed by atoms with Crippen LogP contribution in [0, 0.1) is 0 Å². The molecule has 0 saturated carbocycles. The number of benzene rings is 2. The summed E-state index contributed by atoms with van der Waals surface area (Å²) in [7, 11) is 3.64. The Morgan fingerprint density at radius 3 is 2.68 bits per heavy atom. The first-order valence-corrected chi connectivity index (χ1v) is 9.42. The van der Waals surface area contributed by atoms with Gasteiger partial charge in [-0.05, 0) is 38.1 Å². The lowest BCUT2D eigenvalue weighted by atomic mass is 10.2. The van der Waals surface area contributed by atoms with E-state index in [0.717, 1.165) is 34.8 Å². The number of ether oxygens (including phenoxy) is 2. The average molecular weight is 381 g/mol. The molecular formula is C21H27N5O2. The third kappa shape index (κ3) is 4.36. The fourth-order valence-electron chi connectivity index (χ4n) is 2.95. The molecule has 3 aromatic rings. The second kappa shape index (κ2) is 9.12. The first-order chi connectivity index (χ1) is 13.7. The summed E-state index contributed by atoms with van der Waals surface area (Å²) in [5.74, 6) is 2.98. The number of imidazole rings is 1. The van der Waals surface area contributed by atoms with Gasteiger partial charge < -0.3 is 24.7 Å². The monoisotopic (exact) mass is 381 g/mol. The van der Waals surface area contributed by atoms with Crippen molar-refractivity contribution in [3.05, 3.63) is 48.3 Å². The van der Waals surface area contributed by atoms with Crippen LogP contribution < -0.4 is 20.1 Å². The van der Waals surface area contributed by atoms with Crippen LogP contribution in [0.25, 0.3) is 11.0 Å². The number of para-hydroxylation sites is 2. The van der Waals surface area contributed by atoms with Gasteiger partial charge in [0.15, 0.2) is 17.5 Å². The van der Waals surface area contributed by atoms with E-state index < -0.39 is 0 Å². The first-order valence-electron chi connectivity index (χ1n) is 9.42. The van der Waals surface area contributed by atoms with E-state index in [1.807, 2.05) is 57.3 Å². The van der Waals surface area contributed by atoms with Crippen LogP contribution in [-0.2, 0) is 13.6 Å². The Balaban J connectivity index is 1.80. The van der Waals surface area contributed by atoms with Gasteiger partial charge in [0.25, 0.3) is 0 Å². The fourth-order valence-corrected chi connectivity index (χ4v) is 2.95. The van der Waals surface area contributed by atoms with Crippen LogP contribution >= 0.6 is 0 Å². The molecule has 0 aliphatic rings. The molecule has 7 nitrogen and oxygen atoms in total. The summed E-state index contributed by atoms with van der Waals surface area (Å²) in [5, 5.41) is 6.58. The van der Waals surface area contributed by atoms with E-state index in [9.17, 15) is 0 Å². The second-order valence-corrected chi connectivity index (χ2v) is 6.19. The highest BCUT2D eigenvalue weighted by Gasteiger charge is 2.09. The van der Waals surface area contributed by atoms with Gasteiger partial charge >= 0.3 is 0 Å². The quantitative estimate of drug-likeness (QED) is 0.484. The first kappa shape index (κ1) is 19.5. The number of nitrogens with zero attached hydrogens (tertiary/aromatic N) is 3. The maximum atomic E-state index is 5.57. The molecule has 2 N–H and O–H groups in total. The summed E-state index contributed by atoms with van der Waals surface area (Å²) >= 11 is 0. The lowest BCUT2D eigenvalue weighted by molar-refractivity contribution is 0.311. The topological polar surface area (TPSA) is 72.7 Å². The highest BCUT2D eigenvalue weighted by Crippen LogP contribution is 2.30. The standard InChI is InChI=1S/C21H27N5O2/c1-5-22-21(24-15-11-12-18(28-6-2)19(13-15)27-4)23-14-20-25-16-9-7-8-10-17(16)26(20)3/h7-13H,5-6,14H2,1-4H3,(H2,22,23,24). The minimum atomic E-state index is 0.467. The maximum Gasteiger partial charge on any atom is 0.196 e. The van der Waals surface area contributed by atoms with Crippen molar-refractivity contribution in [2.75, 3.05) is 25.6 Å². The molecule has 0 unspecified atom stereocenters. The number of nitrogens with one attached hydrogen (secondary N) is 2. The van der Waals surface area contributed by atoms with E-state index in [1.165, 1.54) is 0 Å². The van der Waals surface area contributed by atoms with Crippen LogP contribution in [0.3, 0.4) is 0 Å². The highest BCUT2D eigenvalue weighted by molar-refractivity contribution is 5.94. The van der Waals surface area contributed by atoms with Crippen LogP contribution in [0.5, 0.6) is 11.5 Å². The Labute approximate surface area is 165 Å². The lowest BCUT2D eigenvalue weighted by Gasteiger charge is -2.14. The molecule has 0 radical (unpaired) electrons. The lowest BCUT2D eigenvalue weighted by Crippen LogP contribution is -2.30. The minimum absolute atomic E-state index is 0.467. The summed E-state index contributed by atoms with van der Waals surface area (Å²) < 4.78 is 13.1. The molecule has 0 aliphatic heterocycles. The number of anilines is 1. The molecule has 0 bridgehead atoms. The predicted octanol–water partition coefficient (Wildman–Crippen LogP) is 3.56. The third-order valence-electron chi connectivity index (χ3n) is 4.33. The van der Waals surface area contributed by atoms with Crippen molar-refractivity contribution in [3.63, 3.8) is 0 Å². The largest absolute Gasteiger partial charge is 0.493 e. The van der Waals surface area contributed by atoms with Gasteiger partial charge in [-0.3, -0.25) is 0 Å². The van der Waals surface area contributed by atoms with Gasteiger partial charge in [0.05, 0.1) is 24.8 Å². The number of hydrogen-bond acceptors (Lipinski definition) is 4. The van der Waals surface area contributed by atoms with Gasteiger partial charge in [-0.15, -0.1) is 0 Å². The number of methoxy groups -OCH3 is 1. The molecule has 28 heavy (non-hydrogen) atoms. The molecule has 0 atom stereocenters. The zero-order chi connectivity index (χ0) is 19.9. The second-order valence-electron chi connectivity index (χ2n) is 6.19. The Bertz CT molecular complexity index is 965. The SMILES string of the molecule is CCNC(=NCc1nc2ccccc2n1C)Nc1ccc(OCC)c(OC)c1. The van der Waals surface area contributed by atoms with E-state index in [4.69, 9.17) is 9.47 Å². The van der Waals surface area contributed by atoms with Crippen LogP contribution in [0.1, 0.15) is 19.7 Å². The summed E-state index contributed by atoms with van der Waals surface area (Å²) in [4.78, 5) is 9.36. The Morgan fingerprint density at radius 2 is 1.96 bits per heavy atom. The van der Waals surface area contributed by atoms with Crippen molar-refractivity contribution in [2.24, 2.45) is 12.0 Å². The van der Waals surface area contributed by atoms with Crippen molar-refractivity contribution in [1.82, 2.24) is 14.9 Å². The van der Waals surface area contributed by atoms with Crippen LogP contribution in [0.4, 0.5) is 5.69 Å². The van der Waals surface area contributed by atoms with Crippen LogP contribution in [0.15, 0.2) is 47.5 Å². The molecule has 7 heteroatoms. The van der Waals surface area contributed by atoms with Crippen LogP contribution in [0.2, 0.25) is 0 Å². The molecule has 148 valence electrons. The van der Waals surface area contributed by atoms with E-state index in [1.54, 1.807) is 7.11 Å².